The van der Waals surface area contributed by atoms with Crippen molar-refractivity contribution in [1.29, 1.82) is 0 Å². The van der Waals surface area contributed by atoms with E-state index in [1.54, 1.807) is 6.33 Å². The Hall–Kier alpha value is -2.93. The first-order valence-electron chi connectivity index (χ1n) is 12.2. The molecule has 2 aromatic heterocycles. The van der Waals surface area contributed by atoms with Crippen molar-refractivity contribution in [2.75, 3.05) is 6.61 Å². The third kappa shape index (κ3) is 4.60. The molecule has 2 aliphatic carbocycles. The van der Waals surface area contributed by atoms with E-state index in [0.29, 0.717) is 17.0 Å². The van der Waals surface area contributed by atoms with Crippen LogP contribution in [0.5, 0.6) is 5.75 Å². The number of nitrogens with one attached hydrogen (secondary N) is 2. The SMILES string of the molecule is CCc1ccc(OCC2CC2)c(-c2ncnc3c(C(=O)NC4CCC(N)CC4)c(C)[nH]c23)c1. The Balaban J connectivity index is 1.50. The highest BCUT2D eigenvalue weighted by Crippen LogP contribution is 2.37. The van der Waals surface area contributed by atoms with Gasteiger partial charge in [-0.3, -0.25) is 4.79 Å². The average molecular weight is 448 g/mol. The lowest BCUT2D eigenvalue weighted by Crippen LogP contribution is -2.40. The lowest BCUT2D eigenvalue weighted by atomic mass is 9.91. The zero-order chi connectivity index (χ0) is 22.9. The van der Waals surface area contributed by atoms with E-state index in [9.17, 15) is 4.79 Å². The van der Waals surface area contributed by atoms with Crippen molar-refractivity contribution < 1.29 is 9.53 Å². The molecule has 2 aliphatic rings. The lowest BCUT2D eigenvalue weighted by Gasteiger charge is -2.26. The first kappa shape index (κ1) is 21.9. The molecule has 0 atom stereocenters. The minimum Gasteiger partial charge on any atom is -0.493 e. The normalized spacial score (nSPS) is 20.7. The van der Waals surface area contributed by atoms with Gasteiger partial charge in [-0.25, -0.2) is 9.97 Å². The zero-order valence-electron chi connectivity index (χ0n) is 19.5. The number of H-pyrrole nitrogens is 1. The van der Waals surface area contributed by atoms with E-state index in [0.717, 1.165) is 66.9 Å². The predicted molar refractivity (Wildman–Crippen MR) is 129 cm³/mol. The molecule has 2 fully saturated rings. The fraction of sp³-hybridized carbons (Fsp3) is 0.500. The summed E-state index contributed by atoms with van der Waals surface area (Å²) in [5.41, 5.74) is 11.8. The van der Waals surface area contributed by atoms with Crippen molar-refractivity contribution in [3.8, 4) is 17.0 Å². The number of nitrogens with zero attached hydrogens (tertiary/aromatic N) is 2. The Morgan fingerprint density at radius 3 is 2.70 bits per heavy atom. The van der Waals surface area contributed by atoms with E-state index in [1.807, 2.05) is 13.0 Å². The number of hydrogen-bond donors (Lipinski definition) is 3. The molecule has 0 saturated heterocycles. The Morgan fingerprint density at radius 2 is 1.97 bits per heavy atom. The molecule has 4 N–H and O–H groups in total. The van der Waals surface area contributed by atoms with Crippen molar-refractivity contribution in [2.24, 2.45) is 11.7 Å². The molecule has 5 rings (SSSR count). The largest absolute Gasteiger partial charge is 0.493 e. The number of hydrogen-bond acceptors (Lipinski definition) is 5. The summed E-state index contributed by atoms with van der Waals surface area (Å²) in [7, 11) is 0. The summed E-state index contributed by atoms with van der Waals surface area (Å²) in [5, 5.41) is 3.20. The Kier molecular flexibility index (Phi) is 6.06. The maximum absolute atomic E-state index is 13.2. The fourth-order valence-corrected chi connectivity index (χ4v) is 4.72. The first-order chi connectivity index (χ1) is 16.0. The Bertz CT molecular complexity index is 1160. The second-order valence-electron chi connectivity index (χ2n) is 9.59. The van der Waals surface area contributed by atoms with Gasteiger partial charge in [0.15, 0.2) is 0 Å². The second-order valence-corrected chi connectivity index (χ2v) is 9.59. The Morgan fingerprint density at radius 1 is 1.18 bits per heavy atom. The van der Waals surface area contributed by atoms with Crippen LogP contribution in [0.1, 0.15) is 67.1 Å². The van der Waals surface area contributed by atoms with E-state index < -0.39 is 0 Å². The summed E-state index contributed by atoms with van der Waals surface area (Å²) in [6.07, 6.45) is 8.67. The van der Waals surface area contributed by atoms with Crippen LogP contribution < -0.4 is 15.8 Å². The number of carbonyl (C=O) groups excluding carboxylic acids is 1. The summed E-state index contributed by atoms with van der Waals surface area (Å²) in [6.45, 7) is 4.79. The standard InChI is InChI=1S/C26H33N5O2/c1-3-16-6-11-21(33-13-17-4-5-17)20(12-16)23-25-24(29-14-28-23)22(15(2)30-25)26(32)31-19-9-7-18(27)8-10-19/h6,11-12,14,17-19,30H,3-5,7-10,13,27H2,1-2H3,(H,31,32). The molecule has 7 nitrogen and oxygen atoms in total. The van der Waals surface area contributed by atoms with Gasteiger partial charge in [-0.15, -0.1) is 0 Å². The van der Waals surface area contributed by atoms with E-state index in [-0.39, 0.29) is 18.0 Å². The summed E-state index contributed by atoms with van der Waals surface area (Å²) in [6, 6.07) is 6.71. The van der Waals surface area contributed by atoms with Gasteiger partial charge >= 0.3 is 0 Å². The lowest BCUT2D eigenvalue weighted by molar-refractivity contribution is 0.0927. The van der Waals surface area contributed by atoms with Crippen LogP contribution in [0.3, 0.4) is 0 Å². The number of benzene rings is 1. The van der Waals surface area contributed by atoms with Gasteiger partial charge in [-0.2, -0.15) is 0 Å². The molecule has 2 heterocycles. The van der Waals surface area contributed by atoms with Gasteiger partial charge in [-0.05, 0) is 75.5 Å². The Labute approximate surface area is 194 Å². The van der Waals surface area contributed by atoms with Gasteiger partial charge in [0.25, 0.3) is 5.91 Å². The van der Waals surface area contributed by atoms with Gasteiger partial charge < -0.3 is 20.8 Å². The third-order valence-corrected chi connectivity index (χ3v) is 6.98. The van der Waals surface area contributed by atoms with Crippen LogP contribution in [0.25, 0.3) is 22.3 Å². The highest BCUT2D eigenvalue weighted by Gasteiger charge is 2.26. The summed E-state index contributed by atoms with van der Waals surface area (Å²) < 4.78 is 6.19. The smallest absolute Gasteiger partial charge is 0.255 e. The van der Waals surface area contributed by atoms with Crippen LogP contribution in [0, 0.1) is 12.8 Å². The van der Waals surface area contributed by atoms with E-state index in [4.69, 9.17) is 10.5 Å². The fourth-order valence-electron chi connectivity index (χ4n) is 4.72. The predicted octanol–water partition coefficient (Wildman–Crippen LogP) is 4.28. The van der Waals surface area contributed by atoms with Gasteiger partial charge in [0, 0.05) is 23.3 Å². The van der Waals surface area contributed by atoms with Crippen LogP contribution in [0.2, 0.25) is 0 Å². The number of rotatable bonds is 7. The molecule has 33 heavy (non-hydrogen) atoms. The number of ether oxygens (including phenoxy) is 1. The molecule has 1 aromatic carbocycles. The maximum atomic E-state index is 13.2. The van der Waals surface area contributed by atoms with Crippen molar-refractivity contribution in [3.05, 3.63) is 41.3 Å². The third-order valence-electron chi connectivity index (χ3n) is 6.98. The number of fused-ring (bicyclic) bond motifs is 1. The molecule has 2 saturated carbocycles. The first-order valence-corrected chi connectivity index (χ1v) is 12.2. The van der Waals surface area contributed by atoms with Crippen molar-refractivity contribution in [3.63, 3.8) is 0 Å². The van der Waals surface area contributed by atoms with Crippen LogP contribution in [0.15, 0.2) is 24.5 Å². The molecule has 0 radical (unpaired) electrons. The van der Waals surface area contributed by atoms with Crippen molar-refractivity contribution >= 4 is 16.9 Å². The average Bonchev–Trinajstić information content (AvgIpc) is 3.58. The number of aryl methyl sites for hydroxylation is 2. The molecule has 0 spiro atoms. The molecule has 1 amide bonds. The highest BCUT2D eigenvalue weighted by atomic mass is 16.5. The summed E-state index contributed by atoms with van der Waals surface area (Å²) >= 11 is 0. The monoisotopic (exact) mass is 447 g/mol. The number of carbonyl (C=O) groups is 1. The molecular formula is C26H33N5O2. The summed E-state index contributed by atoms with van der Waals surface area (Å²) in [5.74, 6) is 1.40. The number of nitrogens with two attached hydrogens (primary N) is 1. The van der Waals surface area contributed by atoms with Crippen LogP contribution in [-0.2, 0) is 6.42 Å². The minimum atomic E-state index is -0.0867. The second kappa shape index (κ2) is 9.14. The maximum Gasteiger partial charge on any atom is 0.255 e. The van der Waals surface area contributed by atoms with Crippen LogP contribution >= 0.6 is 0 Å². The van der Waals surface area contributed by atoms with Gasteiger partial charge in [0.1, 0.15) is 23.3 Å². The summed E-state index contributed by atoms with van der Waals surface area (Å²) in [4.78, 5) is 25.8. The molecule has 0 bridgehead atoms. The van der Waals surface area contributed by atoms with Crippen molar-refractivity contribution in [2.45, 2.75) is 70.9 Å². The topological polar surface area (TPSA) is 106 Å². The molecule has 3 aromatic rings. The zero-order valence-corrected chi connectivity index (χ0v) is 19.5. The van der Waals surface area contributed by atoms with Crippen LogP contribution in [-0.4, -0.2) is 39.5 Å². The van der Waals surface area contributed by atoms with Gasteiger partial charge in [-0.1, -0.05) is 13.0 Å². The number of amides is 1. The quantitative estimate of drug-likeness (QED) is 0.501. The van der Waals surface area contributed by atoms with Gasteiger partial charge in [0.05, 0.1) is 17.7 Å². The molecular weight excluding hydrogens is 414 g/mol. The number of aromatic amines is 1. The van der Waals surface area contributed by atoms with Crippen LogP contribution in [0.4, 0.5) is 0 Å². The highest BCUT2D eigenvalue weighted by molar-refractivity contribution is 6.09. The van der Waals surface area contributed by atoms with E-state index in [1.165, 1.54) is 18.4 Å². The molecule has 174 valence electrons. The van der Waals surface area contributed by atoms with E-state index in [2.05, 4.69) is 39.3 Å². The van der Waals surface area contributed by atoms with Gasteiger partial charge in [0.2, 0.25) is 0 Å². The number of aromatic nitrogens is 3. The van der Waals surface area contributed by atoms with Crippen molar-refractivity contribution in [1.82, 2.24) is 20.3 Å². The molecule has 0 aliphatic heterocycles. The molecule has 7 heteroatoms. The van der Waals surface area contributed by atoms with E-state index >= 15 is 0 Å². The molecule has 0 unspecified atom stereocenters. The minimum absolute atomic E-state index is 0.0867.